The van der Waals surface area contributed by atoms with Crippen LogP contribution in [0.25, 0.3) is 0 Å². The smallest absolute Gasteiger partial charge is 0.443 e. The summed E-state index contributed by atoms with van der Waals surface area (Å²) in [7, 11) is -4.66. The van der Waals surface area contributed by atoms with Crippen molar-refractivity contribution in [2.24, 2.45) is 0 Å². The van der Waals surface area contributed by atoms with E-state index in [9.17, 15) is 23.1 Å². The van der Waals surface area contributed by atoms with Crippen molar-refractivity contribution >= 4 is 22.4 Å². The highest BCUT2D eigenvalue weighted by molar-refractivity contribution is 7.81. The summed E-state index contributed by atoms with van der Waals surface area (Å²) in [5.74, 6) is -0.975. The molecule has 0 bridgehead atoms. The molecular weight excluding hydrogens is 350 g/mol. The number of amides is 1. The second-order valence-electron chi connectivity index (χ2n) is 6.86. The van der Waals surface area contributed by atoms with Crippen molar-refractivity contribution < 1.29 is 35.9 Å². The van der Waals surface area contributed by atoms with Gasteiger partial charge in [-0.15, -0.1) is 12.3 Å². The van der Waals surface area contributed by atoms with Crippen LogP contribution in [-0.4, -0.2) is 42.1 Å². The zero-order chi connectivity index (χ0) is 19.0. The number of carbonyl (C=O) groups excluding carboxylic acids is 2. The summed E-state index contributed by atoms with van der Waals surface area (Å²) in [6.45, 7) is 5.37. The quantitative estimate of drug-likeness (QED) is 0.569. The number of carboxylic acid groups (broad SMARTS) is 1. The minimum Gasteiger partial charge on any atom is -0.497 e. The van der Waals surface area contributed by atoms with Crippen LogP contribution in [0.4, 0.5) is 4.79 Å². The first-order valence-electron chi connectivity index (χ1n) is 7.69. The third-order valence-corrected chi connectivity index (χ3v) is 6.37. The SMILES string of the molecule is C[C@H]1OS(=O)(=O)[N+](C(=O)[O-])(C(C)(C)C)[C@@H]1C(=O)OCc1ccccc1. The maximum absolute atomic E-state index is 12.6. The predicted molar refractivity (Wildman–Crippen MR) is 84.9 cm³/mol. The van der Waals surface area contributed by atoms with Crippen molar-refractivity contribution in [2.75, 3.05) is 0 Å². The highest BCUT2D eigenvalue weighted by Gasteiger charge is 2.70. The molecule has 1 aliphatic heterocycles. The molecule has 1 amide bonds. The molecule has 0 aromatic heterocycles. The second kappa shape index (κ2) is 6.40. The van der Waals surface area contributed by atoms with Crippen molar-refractivity contribution in [3.63, 3.8) is 0 Å². The zero-order valence-corrected chi connectivity index (χ0v) is 15.3. The molecule has 1 fully saturated rings. The number of esters is 1. The minimum absolute atomic E-state index is 0.111. The van der Waals surface area contributed by atoms with Gasteiger partial charge < -0.3 is 14.6 Å². The Bertz CT molecular complexity index is 769. The Balaban J connectivity index is 2.42. The third-order valence-electron chi connectivity index (χ3n) is 4.20. The third kappa shape index (κ3) is 3.03. The molecule has 1 saturated heterocycles. The Kier molecular flexibility index (Phi) is 4.95. The summed E-state index contributed by atoms with van der Waals surface area (Å²) in [5, 5.41) is 11.9. The van der Waals surface area contributed by atoms with Crippen LogP contribution < -0.4 is 5.11 Å². The number of rotatable bonds is 3. The molecular formula is C16H21NO7S. The van der Waals surface area contributed by atoms with Gasteiger partial charge >= 0.3 is 16.3 Å². The molecule has 0 radical (unpaired) electrons. The predicted octanol–water partition coefficient (Wildman–Crippen LogP) is 0.721. The van der Waals surface area contributed by atoms with Crippen LogP contribution in [0.15, 0.2) is 30.3 Å². The molecule has 9 heteroatoms. The maximum Gasteiger partial charge on any atom is 0.443 e. The summed E-state index contributed by atoms with van der Waals surface area (Å²) in [6.07, 6.45) is -3.14. The first kappa shape index (κ1) is 19.4. The van der Waals surface area contributed by atoms with Crippen molar-refractivity contribution in [3.8, 4) is 0 Å². The van der Waals surface area contributed by atoms with E-state index < -0.39 is 43.9 Å². The van der Waals surface area contributed by atoms with Gasteiger partial charge in [0.2, 0.25) is 6.04 Å². The monoisotopic (exact) mass is 371 g/mol. The van der Waals surface area contributed by atoms with E-state index >= 15 is 0 Å². The van der Waals surface area contributed by atoms with Gasteiger partial charge in [-0.3, -0.25) is 0 Å². The van der Waals surface area contributed by atoms with E-state index in [1.807, 2.05) is 0 Å². The Labute approximate surface area is 146 Å². The van der Waals surface area contributed by atoms with E-state index in [4.69, 9.17) is 8.92 Å². The molecule has 1 aliphatic rings. The Hall–Kier alpha value is -1.97. The standard InChI is InChI=1S/C16H21NO7S/c1-11-13(14(18)23-10-12-8-6-5-7-9-12)17(15(19)20,16(2,3)4)25(21,22)24-11/h5-9,11,13H,10H2,1-4H3/t11-,13+,17?/m1/s1. The average molecular weight is 371 g/mol. The van der Waals surface area contributed by atoms with E-state index in [1.54, 1.807) is 30.3 Å². The lowest BCUT2D eigenvalue weighted by Gasteiger charge is -2.43. The highest BCUT2D eigenvalue weighted by Crippen LogP contribution is 2.42. The molecule has 1 unspecified atom stereocenters. The van der Waals surface area contributed by atoms with Gasteiger partial charge in [0.05, 0.1) is 0 Å². The van der Waals surface area contributed by atoms with E-state index in [0.717, 1.165) is 0 Å². The summed E-state index contributed by atoms with van der Waals surface area (Å²) >= 11 is 0. The van der Waals surface area contributed by atoms with Crippen LogP contribution in [0.1, 0.15) is 33.3 Å². The Morgan fingerprint density at radius 1 is 1.24 bits per heavy atom. The maximum atomic E-state index is 12.6. The van der Waals surface area contributed by atoms with E-state index in [1.165, 1.54) is 27.7 Å². The van der Waals surface area contributed by atoms with Crippen molar-refractivity contribution in [1.29, 1.82) is 0 Å². The number of benzene rings is 1. The van der Waals surface area contributed by atoms with Crippen LogP contribution in [0.3, 0.4) is 0 Å². The summed E-state index contributed by atoms with van der Waals surface area (Å²) in [5.41, 5.74) is -0.730. The minimum atomic E-state index is -4.66. The largest absolute Gasteiger partial charge is 0.497 e. The fraction of sp³-hybridized carbons (Fsp3) is 0.500. The number of quaternary nitrogens is 1. The molecule has 1 aromatic carbocycles. The molecule has 25 heavy (non-hydrogen) atoms. The summed E-state index contributed by atoms with van der Waals surface area (Å²) in [6, 6.07) is 7.16. The van der Waals surface area contributed by atoms with Gasteiger partial charge in [-0.25, -0.2) is 8.98 Å². The van der Waals surface area contributed by atoms with Gasteiger partial charge in [-0.2, -0.15) is 0 Å². The van der Waals surface area contributed by atoms with E-state index in [2.05, 4.69) is 0 Å². The summed E-state index contributed by atoms with van der Waals surface area (Å²) in [4.78, 5) is 24.5. The first-order chi connectivity index (χ1) is 11.4. The van der Waals surface area contributed by atoms with Gasteiger partial charge in [-0.05, 0) is 33.3 Å². The molecule has 1 aromatic rings. The lowest BCUT2D eigenvalue weighted by Crippen LogP contribution is -2.73. The molecule has 2 rings (SSSR count). The lowest BCUT2D eigenvalue weighted by atomic mass is 10.0. The molecule has 0 aliphatic carbocycles. The van der Waals surface area contributed by atoms with Gasteiger partial charge in [0, 0.05) is 0 Å². The van der Waals surface area contributed by atoms with E-state index in [-0.39, 0.29) is 6.61 Å². The molecule has 0 N–H and O–H groups in total. The number of nitrogens with zero attached hydrogens (tertiary/aromatic N) is 1. The zero-order valence-electron chi connectivity index (χ0n) is 14.5. The van der Waals surface area contributed by atoms with Gasteiger partial charge in [0.25, 0.3) is 6.09 Å². The molecule has 3 atom stereocenters. The average Bonchev–Trinajstić information content (AvgIpc) is 2.71. The number of hydrogen-bond acceptors (Lipinski definition) is 7. The van der Waals surface area contributed by atoms with E-state index in [0.29, 0.717) is 5.56 Å². The number of hydrogen-bond donors (Lipinski definition) is 0. The van der Waals surface area contributed by atoms with Crippen molar-refractivity contribution in [1.82, 2.24) is 0 Å². The number of carbonyl (C=O) groups is 2. The molecule has 138 valence electrons. The van der Waals surface area contributed by atoms with Crippen LogP contribution in [-0.2, 0) is 30.6 Å². The molecule has 0 spiro atoms. The van der Waals surface area contributed by atoms with Gasteiger partial charge in [0.1, 0.15) is 18.2 Å². The van der Waals surface area contributed by atoms with Crippen molar-refractivity contribution in [3.05, 3.63) is 35.9 Å². The Morgan fingerprint density at radius 2 is 1.80 bits per heavy atom. The van der Waals surface area contributed by atoms with Gasteiger partial charge in [0.15, 0.2) is 0 Å². The fourth-order valence-corrected chi connectivity index (χ4v) is 5.15. The Morgan fingerprint density at radius 3 is 2.28 bits per heavy atom. The lowest BCUT2D eigenvalue weighted by molar-refractivity contribution is -0.818. The van der Waals surface area contributed by atoms with Gasteiger partial charge in [-0.1, -0.05) is 30.3 Å². The topological polar surface area (TPSA) is 110 Å². The fourth-order valence-electron chi connectivity index (χ4n) is 3.13. The molecule has 8 nitrogen and oxygen atoms in total. The molecule has 0 saturated carbocycles. The normalized spacial score (nSPS) is 28.5. The van der Waals surface area contributed by atoms with Crippen LogP contribution in [0.2, 0.25) is 0 Å². The van der Waals surface area contributed by atoms with Crippen LogP contribution >= 0.6 is 0 Å². The highest BCUT2D eigenvalue weighted by atomic mass is 32.2. The first-order valence-corrected chi connectivity index (χ1v) is 9.06. The second-order valence-corrected chi connectivity index (χ2v) is 8.49. The summed E-state index contributed by atoms with van der Waals surface area (Å²) < 4.78 is 33.4. The van der Waals surface area contributed by atoms with Crippen LogP contribution in [0.5, 0.6) is 0 Å². The number of ether oxygens (including phenoxy) is 1. The molecule has 1 heterocycles. The van der Waals surface area contributed by atoms with Crippen LogP contribution in [0, 0.1) is 0 Å². The van der Waals surface area contributed by atoms with Crippen molar-refractivity contribution in [2.45, 2.75) is 52.0 Å².